The number of fused-ring (bicyclic) bond motifs is 1. The average Bonchev–Trinajstić information content (AvgIpc) is 3.05. The lowest BCUT2D eigenvalue weighted by Crippen LogP contribution is -2.38. The normalized spacial score (nSPS) is 15.8. The number of likely N-dealkylation sites (tertiary alicyclic amines) is 1. The van der Waals surface area contributed by atoms with Gasteiger partial charge in [0.25, 0.3) is 5.91 Å². The topological polar surface area (TPSA) is 36.1 Å². The van der Waals surface area contributed by atoms with E-state index in [4.69, 9.17) is 0 Å². The number of aromatic amines is 1. The van der Waals surface area contributed by atoms with Crippen LogP contribution < -0.4 is 0 Å². The third-order valence-electron chi connectivity index (χ3n) is 4.87. The van der Waals surface area contributed by atoms with Crippen molar-refractivity contribution in [2.45, 2.75) is 18.8 Å². The molecule has 1 amide bonds. The Kier molecular flexibility index (Phi) is 4.15. The van der Waals surface area contributed by atoms with Crippen LogP contribution in [0.3, 0.4) is 0 Å². The number of benzene rings is 2. The van der Waals surface area contributed by atoms with Crippen molar-refractivity contribution in [2.75, 3.05) is 13.1 Å². The van der Waals surface area contributed by atoms with Crippen molar-refractivity contribution in [1.82, 2.24) is 9.88 Å². The first kappa shape index (κ1) is 15.5. The van der Waals surface area contributed by atoms with E-state index in [9.17, 15) is 4.79 Å². The van der Waals surface area contributed by atoms with E-state index < -0.39 is 0 Å². The van der Waals surface area contributed by atoms with Crippen molar-refractivity contribution in [3.8, 4) is 0 Å². The van der Waals surface area contributed by atoms with Gasteiger partial charge in [0.15, 0.2) is 0 Å². The summed E-state index contributed by atoms with van der Waals surface area (Å²) in [5.74, 6) is 0.669. The Morgan fingerprint density at radius 3 is 2.54 bits per heavy atom. The minimum absolute atomic E-state index is 0.105. The fraction of sp³-hybridized carbons (Fsp3) is 0.250. The largest absolute Gasteiger partial charge is 0.351 e. The van der Waals surface area contributed by atoms with E-state index >= 15 is 0 Å². The molecule has 4 rings (SSSR count). The minimum Gasteiger partial charge on any atom is -0.351 e. The molecule has 0 aliphatic carbocycles. The number of hydrogen-bond acceptors (Lipinski definition) is 1. The molecule has 0 bridgehead atoms. The average molecular weight is 383 g/mol. The molecule has 1 fully saturated rings. The Balaban J connectivity index is 1.47. The summed E-state index contributed by atoms with van der Waals surface area (Å²) >= 11 is 3.47. The van der Waals surface area contributed by atoms with Crippen LogP contribution in [0.25, 0.3) is 10.9 Å². The van der Waals surface area contributed by atoms with Crippen molar-refractivity contribution in [3.63, 3.8) is 0 Å². The van der Waals surface area contributed by atoms with Gasteiger partial charge in [-0.1, -0.05) is 46.3 Å². The van der Waals surface area contributed by atoms with Gasteiger partial charge in [-0.25, -0.2) is 0 Å². The van der Waals surface area contributed by atoms with E-state index in [0.717, 1.165) is 41.3 Å². The maximum absolute atomic E-state index is 12.8. The number of carbonyl (C=O) groups is 1. The lowest BCUT2D eigenvalue weighted by Gasteiger charge is -2.32. The molecule has 4 heteroatoms. The van der Waals surface area contributed by atoms with E-state index in [1.807, 2.05) is 29.2 Å². The van der Waals surface area contributed by atoms with Gasteiger partial charge in [-0.05, 0) is 48.6 Å². The number of carbonyl (C=O) groups excluding carboxylic acids is 1. The zero-order chi connectivity index (χ0) is 16.5. The standard InChI is InChI=1S/C20H19BrN2O/c21-17-6-7-18-16(12-17)13-19(22-18)20(24)23-10-8-15(9-11-23)14-4-2-1-3-5-14/h1-7,12-13,15,22H,8-11H2. The molecule has 3 aromatic rings. The number of aromatic nitrogens is 1. The van der Waals surface area contributed by atoms with Gasteiger partial charge < -0.3 is 9.88 Å². The molecule has 0 spiro atoms. The van der Waals surface area contributed by atoms with Crippen LogP contribution in [-0.4, -0.2) is 28.9 Å². The van der Waals surface area contributed by atoms with Crippen LogP contribution in [0.4, 0.5) is 0 Å². The van der Waals surface area contributed by atoms with Crippen molar-refractivity contribution in [3.05, 3.63) is 70.3 Å². The van der Waals surface area contributed by atoms with E-state index in [2.05, 4.69) is 51.2 Å². The number of halogens is 1. The second-order valence-corrected chi connectivity index (χ2v) is 7.31. The maximum Gasteiger partial charge on any atom is 0.270 e. The summed E-state index contributed by atoms with van der Waals surface area (Å²) in [5, 5.41) is 1.06. The summed E-state index contributed by atoms with van der Waals surface area (Å²) in [6, 6.07) is 18.6. The Bertz CT molecular complexity index is 864. The lowest BCUT2D eigenvalue weighted by atomic mass is 9.89. The first-order chi connectivity index (χ1) is 11.7. The molecule has 2 heterocycles. The number of piperidine rings is 1. The van der Waals surface area contributed by atoms with Gasteiger partial charge in [-0.2, -0.15) is 0 Å². The SMILES string of the molecule is O=C(c1cc2cc(Br)ccc2[nH]1)N1CCC(c2ccccc2)CC1. The molecular weight excluding hydrogens is 364 g/mol. The molecule has 0 radical (unpaired) electrons. The molecule has 122 valence electrons. The first-order valence-electron chi connectivity index (χ1n) is 8.33. The van der Waals surface area contributed by atoms with Crippen molar-refractivity contribution >= 4 is 32.7 Å². The highest BCUT2D eigenvalue weighted by molar-refractivity contribution is 9.10. The molecular formula is C20H19BrN2O. The Morgan fingerprint density at radius 2 is 1.79 bits per heavy atom. The second-order valence-electron chi connectivity index (χ2n) is 6.39. The summed E-state index contributed by atoms with van der Waals surface area (Å²) in [7, 11) is 0. The molecule has 0 atom stereocenters. The number of nitrogens with one attached hydrogen (secondary N) is 1. The van der Waals surface area contributed by atoms with E-state index in [1.54, 1.807) is 0 Å². The monoisotopic (exact) mass is 382 g/mol. The molecule has 24 heavy (non-hydrogen) atoms. The molecule has 3 nitrogen and oxygen atoms in total. The number of amides is 1. The minimum atomic E-state index is 0.105. The van der Waals surface area contributed by atoms with Crippen LogP contribution in [0.15, 0.2) is 59.1 Å². The van der Waals surface area contributed by atoms with E-state index in [-0.39, 0.29) is 5.91 Å². The van der Waals surface area contributed by atoms with Gasteiger partial charge in [0, 0.05) is 28.5 Å². The Morgan fingerprint density at radius 1 is 1.04 bits per heavy atom. The fourth-order valence-corrected chi connectivity index (χ4v) is 3.91. The third-order valence-corrected chi connectivity index (χ3v) is 5.36. The maximum atomic E-state index is 12.8. The van der Waals surface area contributed by atoms with Crippen LogP contribution in [0.2, 0.25) is 0 Å². The number of H-pyrrole nitrogens is 1. The lowest BCUT2D eigenvalue weighted by molar-refractivity contribution is 0.0708. The highest BCUT2D eigenvalue weighted by Gasteiger charge is 2.25. The quantitative estimate of drug-likeness (QED) is 0.668. The zero-order valence-electron chi connectivity index (χ0n) is 13.3. The molecule has 2 aromatic carbocycles. The molecule has 1 aromatic heterocycles. The van der Waals surface area contributed by atoms with Crippen LogP contribution in [0, 0.1) is 0 Å². The van der Waals surface area contributed by atoms with Crippen LogP contribution in [0.1, 0.15) is 34.8 Å². The van der Waals surface area contributed by atoms with Gasteiger partial charge >= 0.3 is 0 Å². The third kappa shape index (κ3) is 2.98. The Hall–Kier alpha value is -2.07. The Labute approximate surface area is 149 Å². The molecule has 1 aliphatic rings. The number of nitrogens with zero attached hydrogens (tertiary/aromatic N) is 1. The van der Waals surface area contributed by atoms with Gasteiger partial charge in [-0.15, -0.1) is 0 Å². The zero-order valence-corrected chi connectivity index (χ0v) is 14.9. The molecule has 1 aliphatic heterocycles. The molecule has 0 unspecified atom stereocenters. The number of hydrogen-bond donors (Lipinski definition) is 1. The second kappa shape index (κ2) is 6.44. The summed E-state index contributed by atoms with van der Waals surface area (Å²) in [6.45, 7) is 1.63. The predicted molar refractivity (Wildman–Crippen MR) is 100 cm³/mol. The summed E-state index contributed by atoms with van der Waals surface area (Å²) in [6.07, 6.45) is 2.06. The molecule has 0 saturated carbocycles. The predicted octanol–water partition coefficient (Wildman–Crippen LogP) is 4.95. The van der Waals surface area contributed by atoms with Crippen LogP contribution >= 0.6 is 15.9 Å². The van der Waals surface area contributed by atoms with Gasteiger partial charge in [0.1, 0.15) is 5.69 Å². The van der Waals surface area contributed by atoms with Gasteiger partial charge in [0.2, 0.25) is 0 Å². The first-order valence-corrected chi connectivity index (χ1v) is 9.12. The summed E-state index contributed by atoms with van der Waals surface area (Å²) in [4.78, 5) is 18.0. The van der Waals surface area contributed by atoms with Gasteiger partial charge in [-0.3, -0.25) is 4.79 Å². The van der Waals surface area contributed by atoms with Crippen LogP contribution in [-0.2, 0) is 0 Å². The van der Waals surface area contributed by atoms with Crippen molar-refractivity contribution in [2.24, 2.45) is 0 Å². The van der Waals surface area contributed by atoms with E-state index in [0.29, 0.717) is 11.6 Å². The van der Waals surface area contributed by atoms with Gasteiger partial charge in [0.05, 0.1) is 0 Å². The van der Waals surface area contributed by atoms with Crippen molar-refractivity contribution < 1.29 is 4.79 Å². The molecule has 1 saturated heterocycles. The van der Waals surface area contributed by atoms with E-state index in [1.165, 1.54) is 5.56 Å². The smallest absolute Gasteiger partial charge is 0.270 e. The summed E-state index contributed by atoms with van der Waals surface area (Å²) < 4.78 is 1.02. The highest BCUT2D eigenvalue weighted by atomic mass is 79.9. The summed E-state index contributed by atoms with van der Waals surface area (Å²) in [5.41, 5.74) is 3.07. The van der Waals surface area contributed by atoms with Crippen LogP contribution in [0.5, 0.6) is 0 Å². The van der Waals surface area contributed by atoms with Crippen molar-refractivity contribution in [1.29, 1.82) is 0 Å². The fourth-order valence-electron chi connectivity index (χ4n) is 3.53. The molecule has 1 N–H and O–H groups in total. The highest BCUT2D eigenvalue weighted by Crippen LogP contribution is 2.29. The number of rotatable bonds is 2.